The van der Waals surface area contributed by atoms with Crippen LogP contribution < -0.4 is 19.5 Å². The first-order valence-corrected chi connectivity index (χ1v) is 13.5. The maximum absolute atomic E-state index is 13.1. The second kappa shape index (κ2) is 12.3. The van der Waals surface area contributed by atoms with Gasteiger partial charge < -0.3 is 19.5 Å². The van der Waals surface area contributed by atoms with E-state index in [0.29, 0.717) is 48.9 Å². The fourth-order valence-electron chi connectivity index (χ4n) is 4.08. The Kier molecular flexibility index (Phi) is 9.40. The van der Waals surface area contributed by atoms with E-state index in [2.05, 4.69) is 5.32 Å². The lowest BCUT2D eigenvalue weighted by Crippen LogP contribution is -2.35. The second-order valence-corrected chi connectivity index (χ2v) is 10.8. The van der Waals surface area contributed by atoms with Gasteiger partial charge >= 0.3 is 0 Å². The smallest absolute Gasteiger partial charge is 0.243 e. The van der Waals surface area contributed by atoms with E-state index in [1.807, 2.05) is 32.0 Å². The summed E-state index contributed by atoms with van der Waals surface area (Å²) in [6, 6.07) is 10.4. The van der Waals surface area contributed by atoms with E-state index in [4.69, 9.17) is 14.2 Å². The Balaban J connectivity index is 1.62. The third-order valence-corrected chi connectivity index (χ3v) is 7.80. The van der Waals surface area contributed by atoms with Crippen molar-refractivity contribution < 1.29 is 27.4 Å². The normalized spacial score (nSPS) is 14.5. The number of benzene rings is 2. The second-order valence-electron chi connectivity index (χ2n) is 8.87. The molecule has 1 N–H and O–H groups in total. The summed E-state index contributed by atoms with van der Waals surface area (Å²) in [5, 5.41) is 2.91. The van der Waals surface area contributed by atoms with Crippen LogP contribution in [0.15, 0.2) is 41.3 Å². The highest BCUT2D eigenvalue weighted by atomic mass is 32.2. The van der Waals surface area contributed by atoms with Crippen LogP contribution in [0.4, 0.5) is 0 Å². The van der Waals surface area contributed by atoms with Gasteiger partial charge in [-0.25, -0.2) is 8.42 Å². The van der Waals surface area contributed by atoms with Crippen molar-refractivity contribution in [2.24, 2.45) is 0 Å². The number of amides is 1. The molecule has 1 aliphatic rings. The van der Waals surface area contributed by atoms with Crippen LogP contribution in [0, 0.1) is 0 Å². The fraction of sp³-hybridized carbons (Fsp3) is 0.500. The molecular weight excluding hydrogens is 468 g/mol. The molecule has 0 atom stereocenters. The molecular formula is C26H36N2O6S. The average molecular weight is 505 g/mol. The zero-order chi connectivity index (χ0) is 25.4. The van der Waals surface area contributed by atoms with Crippen molar-refractivity contribution in [2.75, 3.05) is 27.3 Å². The summed E-state index contributed by atoms with van der Waals surface area (Å²) in [5.74, 6) is 1.70. The molecule has 0 aliphatic carbocycles. The summed E-state index contributed by atoms with van der Waals surface area (Å²) in [6.07, 6.45) is 3.40. The van der Waals surface area contributed by atoms with Crippen LogP contribution in [0.1, 0.15) is 50.7 Å². The fourth-order valence-corrected chi connectivity index (χ4v) is 5.64. The molecule has 0 radical (unpaired) electrons. The van der Waals surface area contributed by atoms with Gasteiger partial charge in [-0.05, 0) is 74.6 Å². The van der Waals surface area contributed by atoms with E-state index < -0.39 is 10.0 Å². The van der Waals surface area contributed by atoms with E-state index in [1.165, 1.54) is 7.11 Å². The molecule has 0 spiro atoms. The highest BCUT2D eigenvalue weighted by Crippen LogP contribution is 2.29. The predicted molar refractivity (Wildman–Crippen MR) is 135 cm³/mol. The number of nitrogens with zero attached hydrogens (tertiary/aromatic N) is 1. The Labute approximate surface area is 208 Å². The largest absolute Gasteiger partial charge is 0.496 e. The summed E-state index contributed by atoms with van der Waals surface area (Å²) in [4.78, 5) is 12.8. The zero-order valence-corrected chi connectivity index (χ0v) is 21.8. The monoisotopic (exact) mass is 504 g/mol. The van der Waals surface area contributed by atoms with E-state index in [-0.39, 0.29) is 23.3 Å². The van der Waals surface area contributed by atoms with Crippen molar-refractivity contribution in [2.45, 2.75) is 63.5 Å². The third kappa shape index (κ3) is 7.11. The minimum atomic E-state index is -3.56. The summed E-state index contributed by atoms with van der Waals surface area (Å²) < 4.78 is 44.2. The van der Waals surface area contributed by atoms with Gasteiger partial charge in [-0.3, -0.25) is 4.79 Å². The molecule has 1 fully saturated rings. The van der Waals surface area contributed by atoms with E-state index in [0.717, 1.165) is 24.8 Å². The van der Waals surface area contributed by atoms with Crippen molar-refractivity contribution in [1.29, 1.82) is 0 Å². The quantitative estimate of drug-likeness (QED) is 0.499. The lowest BCUT2D eigenvalue weighted by molar-refractivity contribution is -0.121. The number of rotatable bonds is 11. The standard InChI is InChI=1S/C26H36N2O6S/c1-19(2)34-24-11-8-20(16-25(24)33-4)18-27-26(29)13-9-21-17-22(10-12-23(21)32-3)35(30,31)28-14-6-5-7-15-28/h8,10-12,16-17,19H,5-7,9,13-15,18H2,1-4H3,(H,27,29). The van der Waals surface area contributed by atoms with Gasteiger partial charge in [0.25, 0.3) is 0 Å². The average Bonchev–Trinajstić information content (AvgIpc) is 2.86. The molecule has 35 heavy (non-hydrogen) atoms. The summed E-state index contributed by atoms with van der Waals surface area (Å²) >= 11 is 0. The molecule has 0 unspecified atom stereocenters. The molecule has 192 valence electrons. The number of aryl methyl sites for hydroxylation is 1. The third-order valence-electron chi connectivity index (χ3n) is 5.91. The Morgan fingerprint density at radius 1 is 0.971 bits per heavy atom. The predicted octanol–water partition coefficient (Wildman–Crippen LogP) is 3.91. The van der Waals surface area contributed by atoms with Crippen molar-refractivity contribution in [3.8, 4) is 17.2 Å². The van der Waals surface area contributed by atoms with Crippen LogP contribution >= 0.6 is 0 Å². The van der Waals surface area contributed by atoms with Gasteiger partial charge in [-0.15, -0.1) is 0 Å². The van der Waals surface area contributed by atoms with Crippen molar-refractivity contribution in [1.82, 2.24) is 9.62 Å². The molecule has 0 saturated carbocycles. The van der Waals surface area contributed by atoms with Gasteiger partial charge in [0.2, 0.25) is 15.9 Å². The number of carbonyl (C=O) groups is 1. The SMILES string of the molecule is COc1ccc(S(=O)(=O)N2CCCCC2)cc1CCC(=O)NCc1ccc(OC(C)C)c(OC)c1. The minimum absolute atomic E-state index is 0.0276. The van der Waals surface area contributed by atoms with E-state index in [9.17, 15) is 13.2 Å². The number of sulfonamides is 1. The van der Waals surface area contributed by atoms with Gasteiger partial charge in [0.15, 0.2) is 11.5 Å². The summed E-state index contributed by atoms with van der Waals surface area (Å²) in [5.41, 5.74) is 1.58. The Morgan fingerprint density at radius 2 is 1.66 bits per heavy atom. The molecule has 1 amide bonds. The maximum Gasteiger partial charge on any atom is 0.243 e. The molecule has 2 aromatic rings. The zero-order valence-electron chi connectivity index (χ0n) is 21.0. The highest BCUT2D eigenvalue weighted by molar-refractivity contribution is 7.89. The highest BCUT2D eigenvalue weighted by Gasteiger charge is 2.26. The molecule has 3 rings (SSSR count). The van der Waals surface area contributed by atoms with Crippen molar-refractivity contribution in [3.63, 3.8) is 0 Å². The van der Waals surface area contributed by atoms with E-state index >= 15 is 0 Å². The number of hydrogen-bond donors (Lipinski definition) is 1. The molecule has 1 saturated heterocycles. The van der Waals surface area contributed by atoms with Crippen LogP contribution in [0.2, 0.25) is 0 Å². The van der Waals surface area contributed by atoms with Gasteiger partial charge in [-0.2, -0.15) is 4.31 Å². The summed E-state index contributed by atoms with van der Waals surface area (Å²) in [6.45, 7) is 5.32. The molecule has 9 heteroatoms. The maximum atomic E-state index is 13.1. The van der Waals surface area contributed by atoms with Gasteiger partial charge in [0, 0.05) is 26.1 Å². The Hall–Kier alpha value is -2.78. The number of piperidine rings is 1. The van der Waals surface area contributed by atoms with Crippen LogP contribution in [0.5, 0.6) is 17.2 Å². The Bertz CT molecular complexity index is 1110. The molecule has 0 aromatic heterocycles. The molecule has 0 bridgehead atoms. The topological polar surface area (TPSA) is 94.2 Å². The lowest BCUT2D eigenvalue weighted by Gasteiger charge is -2.26. The van der Waals surface area contributed by atoms with Gasteiger partial charge in [0.1, 0.15) is 5.75 Å². The van der Waals surface area contributed by atoms with Crippen LogP contribution in [0.25, 0.3) is 0 Å². The van der Waals surface area contributed by atoms with E-state index in [1.54, 1.807) is 29.6 Å². The molecule has 1 heterocycles. The van der Waals surface area contributed by atoms with Crippen LogP contribution in [-0.4, -0.2) is 52.0 Å². The molecule has 2 aromatic carbocycles. The first kappa shape index (κ1) is 26.8. The number of nitrogens with one attached hydrogen (secondary N) is 1. The van der Waals surface area contributed by atoms with Crippen molar-refractivity contribution >= 4 is 15.9 Å². The number of hydrogen-bond acceptors (Lipinski definition) is 6. The van der Waals surface area contributed by atoms with Crippen LogP contribution in [0.3, 0.4) is 0 Å². The van der Waals surface area contributed by atoms with Gasteiger partial charge in [0.05, 0.1) is 25.2 Å². The molecule has 1 aliphatic heterocycles. The minimum Gasteiger partial charge on any atom is -0.496 e. The lowest BCUT2D eigenvalue weighted by atomic mass is 10.1. The first-order chi connectivity index (χ1) is 16.7. The number of ether oxygens (including phenoxy) is 3. The Morgan fingerprint density at radius 3 is 2.31 bits per heavy atom. The first-order valence-electron chi connectivity index (χ1n) is 12.0. The van der Waals surface area contributed by atoms with Crippen molar-refractivity contribution in [3.05, 3.63) is 47.5 Å². The molecule has 8 nitrogen and oxygen atoms in total. The van der Waals surface area contributed by atoms with Gasteiger partial charge in [-0.1, -0.05) is 12.5 Å². The summed E-state index contributed by atoms with van der Waals surface area (Å²) in [7, 11) is -0.436. The van der Waals surface area contributed by atoms with Crippen LogP contribution in [-0.2, 0) is 27.8 Å². The number of carbonyl (C=O) groups excluding carboxylic acids is 1. The number of methoxy groups -OCH3 is 2.